The smallest absolute Gasteiger partial charge is 0.283 e. The van der Waals surface area contributed by atoms with Crippen LogP contribution in [-0.2, 0) is 6.42 Å². The molecule has 2 aromatic heterocycles. The van der Waals surface area contributed by atoms with Gasteiger partial charge in [-0.05, 0) is 41.9 Å². The summed E-state index contributed by atoms with van der Waals surface area (Å²) < 4.78 is 7.20. The van der Waals surface area contributed by atoms with Crippen molar-refractivity contribution in [2.24, 2.45) is 0 Å². The second kappa shape index (κ2) is 6.06. The lowest BCUT2D eigenvalue weighted by Gasteiger charge is -2.12. The molecule has 0 atom stereocenters. The topological polar surface area (TPSA) is 60.1 Å². The average molecular weight is 326 g/mol. The summed E-state index contributed by atoms with van der Waals surface area (Å²) in [5, 5.41) is 7.32. The summed E-state index contributed by atoms with van der Waals surface area (Å²) in [5.74, 6) is 0.909. The first-order chi connectivity index (χ1) is 9.09. The largest absolute Gasteiger partial charge is 0.469 e. The molecule has 102 valence electrons. The van der Waals surface area contributed by atoms with Crippen LogP contribution < -0.4 is 10.9 Å². The number of nitrogens with one attached hydrogen (secondary N) is 1. The van der Waals surface area contributed by atoms with E-state index in [-0.39, 0.29) is 11.6 Å². The van der Waals surface area contributed by atoms with Crippen LogP contribution in [0, 0.1) is 0 Å². The van der Waals surface area contributed by atoms with Crippen LogP contribution >= 0.6 is 15.9 Å². The molecule has 0 aliphatic carbocycles. The van der Waals surface area contributed by atoms with E-state index in [0.29, 0.717) is 16.7 Å². The van der Waals surface area contributed by atoms with Gasteiger partial charge >= 0.3 is 0 Å². The van der Waals surface area contributed by atoms with Crippen LogP contribution in [0.1, 0.15) is 25.6 Å². The maximum absolute atomic E-state index is 12.0. The van der Waals surface area contributed by atoms with Crippen molar-refractivity contribution in [3.63, 3.8) is 0 Å². The van der Waals surface area contributed by atoms with Crippen LogP contribution in [0.15, 0.2) is 38.3 Å². The van der Waals surface area contributed by atoms with Gasteiger partial charge in [-0.3, -0.25) is 4.79 Å². The second-order valence-electron chi connectivity index (χ2n) is 4.47. The van der Waals surface area contributed by atoms with Gasteiger partial charge in [0.15, 0.2) is 0 Å². The predicted octanol–water partition coefficient (Wildman–Crippen LogP) is 2.83. The Morgan fingerprint density at radius 2 is 2.32 bits per heavy atom. The lowest BCUT2D eigenvalue weighted by Crippen LogP contribution is -2.26. The zero-order chi connectivity index (χ0) is 13.8. The third-order valence-corrected chi connectivity index (χ3v) is 3.47. The van der Waals surface area contributed by atoms with Crippen molar-refractivity contribution < 1.29 is 4.42 Å². The van der Waals surface area contributed by atoms with E-state index in [1.807, 2.05) is 26.0 Å². The van der Waals surface area contributed by atoms with Crippen molar-refractivity contribution in [1.29, 1.82) is 0 Å². The minimum absolute atomic E-state index is 0.0426. The summed E-state index contributed by atoms with van der Waals surface area (Å²) in [7, 11) is 0. The van der Waals surface area contributed by atoms with Gasteiger partial charge in [-0.2, -0.15) is 5.10 Å². The van der Waals surface area contributed by atoms with Crippen LogP contribution in [0.3, 0.4) is 0 Å². The van der Waals surface area contributed by atoms with Gasteiger partial charge in [0.2, 0.25) is 0 Å². The maximum atomic E-state index is 12.0. The number of rotatable bonds is 5. The molecule has 0 aromatic carbocycles. The molecular weight excluding hydrogens is 310 g/mol. The van der Waals surface area contributed by atoms with Crippen LogP contribution in [0.5, 0.6) is 0 Å². The standard InChI is InChI=1S/C13H16BrN3O2/c1-9(2)17-13(18)12(14)11(8-16-17)15-6-5-10-4-3-7-19-10/h3-4,7-9,15H,5-6H2,1-2H3. The van der Waals surface area contributed by atoms with Gasteiger partial charge in [0.1, 0.15) is 10.2 Å². The van der Waals surface area contributed by atoms with Gasteiger partial charge in [0.05, 0.1) is 24.2 Å². The van der Waals surface area contributed by atoms with E-state index in [1.165, 1.54) is 4.68 Å². The SMILES string of the molecule is CC(C)n1ncc(NCCc2ccco2)c(Br)c1=O. The summed E-state index contributed by atoms with van der Waals surface area (Å²) >= 11 is 3.32. The van der Waals surface area contributed by atoms with E-state index in [2.05, 4.69) is 26.3 Å². The fraction of sp³-hybridized carbons (Fsp3) is 0.385. The Balaban J connectivity index is 2.05. The van der Waals surface area contributed by atoms with Crippen molar-refractivity contribution in [2.45, 2.75) is 26.3 Å². The first-order valence-corrected chi connectivity index (χ1v) is 6.92. The number of furan rings is 1. The molecule has 0 unspecified atom stereocenters. The molecule has 0 radical (unpaired) electrons. The maximum Gasteiger partial charge on any atom is 0.283 e. The molecule has 0 saturated heterocycles. The quantitative estimate of drug-likeness (QED) is 0.918. The highest BCUT2D eigenvalue weighted by Gasteiger charge is 2.10. The monoisotopic (exact) mass is 325 g/mol. The molecule has 2 heterocycles. The van der Waals surface area contributed by atoms with E-state index >= 15 is 0 Å². The van der Waals surface area contributed by atoms with E-state index in [0.717, 1.165) is 12.2 Å². The summed E-state index contributed by atoms with van der Waals surface area (Å²) in [6, 6.07) is 3.82. The molecule has 6 heteroatoms. The molecule has 5 nitrogen and oxygen atoms in total. The zero-order valence-corrected chi connectivity index (χ0v) is 12.5. The highest BCUT2D eigenvalue weighted by Crippen LogP contribution is 2.17. The van der Waals surface area contributed by atoms with Crippen LogP contribution in [0.4, 0.5) is 5.69 Å². The van der Waals surface area contributed by atoms with Gasteiger partial charge in [-0.25, -0.2) is 4.68 Å². The number of hydrogen-bond donors (Lipinski definition) is 1. The van der Waals surface area contributed by atoms with Crippen LogP contribution in [0.25, 0.3) is 0 Å². The normalized spacial score (nSPS) is 10.9. The fourth-order valence-corrected chi connectivity index (χ4v) is 2.14. The Kier molecular flexibility index (Phi) is 4.42. The zero-order valence-electron chi connectivity index (χ0n) is 10.9. The number of nitrogens with zero attached hydrogens (tertiary/aromatic N) is 2. The fourth-order valence-electron chi connectivity index (χ4n) is 1.71. The third-order valence-electron chi connectivity index (χ3n) is 2.70. The predicted molar refractivity (Wildman–Crippen MR) is 77.5 cm³/mol. The molecule has 0 aliphatic heterocycles. The molecule has 2 rings (SSSR count). The molecule has 0 saturated carbocycles. The minimum atomic E-state index is -0.127. The van der Waals surface area contributed by atoms with Crippen molar-refractivity contribution >= 4 is 21.6 Å². The Morgan fingerprint density at radius 3 is 2.95 bits per heavy atom. The number of anilines is 1. The second-order valence-corrected chi connectivity index (χ2v) is 5.26. The molecular formula is C13H16BrN3O2. The van der Waals surface area contributed by atoms with Gasteiger partial charge in [-0.15, -0.1) is 0 Å². The molecule has 0 amide bonds. The third kappa shape index (κ3) is 3.26. The Hall–Kier alpha value is -1.56. The van der Waals surface area contributed by atoms with Gasteiger partial charge in [-0.1, -0.05) is 0 Å². The highest BCUT2D eigenvalue weighted by atomic mass is 79.9. The van der Waals surface area contributed by atoms with Crippen molar-refractivity contribution in [2.75, 3.05) is 11.9 Å². The Morgan fingerprint density at radius 1 is 1.53 bits per heavy atom. The van der Waals surface area contributed by atoms with E-state index in [4.69, 9.17) is 4.42 Å². The number of aromatic nitrogens is 2. The highest BCUT2D eigenvalue weighted by molar-refractivity contribution is 9.10. The van der Waals surface area contributed by atoms with Gasteiger partial charge in [0, 0.05) is 13.0 Å². The van der Waals surface area contributed by atoms with Gasteiger partial charge in [0.25, 0.3) is 5.56 Å². The van der Waals surface area contributed by atoms with Gasteiger partial charge < -0.3 is 9.73 Å². The molecule has 1 N–H and O–H groups in total. The van der Waals surface area contributed by atoms with E-state index in [1.54, 1.807) is 12.5 Å². The lowest BCUT2D eigenvalue weighted by atomic mass is 10.3. The molecule has 0 fully saturated rings. The Bertz CT molecular complexity index is 590. The summed E-state index contributed by atoms with van der Waals surface area (Å²) in [5.41, 5.74) is 0.575. The number of hydrogen-bond acceptors (Lipinski definition) is 4. The number of halogens is 1. The van der Waals surface area contributed by atoms with Crippen LogP contribution in [-0.4, -0.2) is 16.3 Å². The Labute approximate surface area is 119 Å². The molecule has 2 aromatic rings. The van der Waals surface area contributed by atoms with E-state index in [9.17, 15) is 4.79 Å². The van der Waals surface area contributed by atoms with Crippen molar-refractivity contribution in [3.8, 4) is 0 Å². The van der Waals surface area contributed by atoms with Crippen molar-refractivity contribution in [1.82, 2.24) is 9.78 Å². The molecule has 0 bridgehead atoms. The minimum Gasteiger partial charge on any atom is -0.469 e. The van der Waals surface area contributed by atoms with Crippen molar-refractivity contribution in [3.05, 3.63) is 45.2 Å². The molecule has 0 spiro atoms. The van der Waals surface area contributed by atoms with E-state index < -0.39 is 0 Å². The average Bonchev–Trinajstić information content (AvgIpc) is 2.87. The molecule has 19 heavy (non-hydrogen) atoms. The summed E-state index contributed by atoms with van der Waals surface area (Å²) in [6.07, 6.45) is 4.07. The summed E-state index contributed by atoms with van der Waals surface area (Å²) in [6.45, 7) is 4.52. The first-order valence-electron chi connectivity index (χ1n) is 6.13. The summed E-state index contributed by atoms with van der Waals surface area (Å²) in [4.78, 5) is 12.0. The lowest BCUT2D eigenvalue weighted by molar-refractivity contribution is 0.500. The molecule has 0 aliphatic rings. The van der Waals surface area contributed by atoms with Crippen LogP contribution in [0.2, 0.25) is 0 Å². The first kappa shape index (κ1) is 13.9.